The molecule has 7 nitrogen and oxygen atoms in total. The van der Waals surface area contributed by atoms with Crippen LogP contribution in [0, 0.1) is 25.7 Å². The summed E-state index contributed by atoms with van der Waals surface area (Å²) in [6.45, 7) is 14.8. The molecule has 3 aliphatic rings. The summed E-state index contributed by atoms with van der Waals surface area (Å²) in [6.07, 6.45) is 6.10. The number of aliphatic hydroxyl groups is 1. The molecule has 0 aromatic heterocycles. The first kappa shape index (κ1) is 32.0. The number of carbonyl (C=O) groups excluding carboxylic acids is 3. The SMILES string of the molecule is C=CCN(CCC)C(=O)[C@@H]1[C@@H]2CCC3(S2)C(C(=O)N(CC=C)c2cc(C)ccc2C)N([C@@H](CO)Cc2ccccc2)C(=O)[C@H]13. The maximum absolute atomic E-state index is 15.0. The van der Waals surface area contributed by atoms with E-state index >= 15 is 4.79 Å². The maximum Gasteiger partial charge on any atom is 0.251 e. The van der Waals surface area contributed by atoms with Crippen LogP contribution in [0.5, 0.6) is 0 Å². The molecule has 3 fully saturated rings. The second-order valence-electron chi connectivity index (χ2n) is 12.4. The Bertz CT molecular complexity index is 1410. The Morgan fingerprint density at radius 1 is 1.11 bits per heavy atom. The van der Waals surface area contributed by atoms with Gasteiger partial charge in [0.15, 0.2) is 0 Å². The first-order valence-corrected chi connectivity index (χ1v) is 16.6. The molecule has 8 heteroatoms. The van der Waals surface area contributed by atoms with Crippen LogP contribution in [0.3, 0.4) is 0 Å². The van der Waals surface area contributed by atoms with Crippen LogP contribution in [0.4, 0.5) is 5.69 Å². The lowest BCUT2D eigenvalue weighted by Crippen LogP contribution is -2.58. The number of anilines is 1. The van der Waals surface area contributed by atoms with Crippen LogP contribution in [-0.2, 0) is 20.8 Å². The van der Waals surface area contributed by atoms with Crippen LogP contribution >= 0.6 is 11.8 Å². The summed E-state index contributed by atoms with van der Waals surface area (Å²) in [4.78, 5) is 49.3. The van der Waals surface area contributed by atoms with Crippen LogP contribution in [0.2, 0.25) is 0 Å². The predicted octanol–water partition coefficient (Wildman–Crippen LogP) is 4.94. The second-order valence-corrected chi connectivity index (χ2v) is 14.0. The number of fused-ring (bicyclic) bond motifs is 1. The van der Waals surface area contributed by atoms with Gasteiger partial charge in [0.05, 0.1) is 29.2 Å². The highest BCUT2D eigenvalue weighted by molar-refractivity contribution is 8.02. The Hall–Kier alpha value is -3.36. The van der Waals surface area contributed by atoms with Crippen LogP contribution < -0.4 is 4.90 Å². The number of likely N-dealkylation sites (tertiary alicyclic amines) is 1. The number of rotatable bonds is 13. The molecule has 0 radical (unpaired) electrons. The summed E-state index contributed by atoms with van der Waals surface area (Å²) in [7, 11) is 0. The van der Waals surface area contributed by atoms with Crippen molar-refractivity contribution in [3.05, 3.63) is 90.5 Å². The molecular weight excluding hydrogens is 570 g/mol. The van der Waals surface area contributed by atoms with Crippen molar-refractivity contribution in [3.8, 4) is 0 Å². The normalized spacial score (nSPS) is 25.9. The summed E-state index contributed by atoms with van der Waals surface area (Å²) in [6, 6.07) is 14.3. The average molecular weight is 616 g/mol. The Labute approximate surface area is 266 Å². The fraction of sp³-hybridized carbons (Fsp3) is 0.472. The number of aryl methyl sites for hydroxylation is 2. The van der Waals surface area contributed by atoms with Gasteiger partial charge in [-0.1, -0.05) is 61.5 Å². The highest BCUT2D eigenvalue weighted by Crippen LogP contribution is 2.67. The molecule has 2 aromatic carbocycles. The van der Waals surface area contributed by atoms with E-state index in [1.165, 1.54) is 0 Å². The molecule has 5 rings (SSSR count). The monoisotopic (exact) mass is 615 g/mol. The number of benzene rings is 2. The van der Waals surface area contributed by atoms with Gasteiger partial charge in [0, 0.05) is 30.6 Å². The molecule has 2 aromatic rings. The summed E-state index contributed by atoms with van der Waals surface area (Å²) in [5.41, 5.74) is 3.74. The number of amides is 3. The lowest BCUT2D eigenvalue weighted by atomic mass is 9.70. The molecule has 2 unspecified atom stereocenters. The fourth-order valence-corrected chi connectivity index (χ4v) is 9.90. The number of carbonyl (C=O) groups is 3. The number of aliphatic hydroxyl groups excluding tert-OH is 1. The van der Waals surface area contributed by atoms with Crippen molar-refractivity contribution >= 4 is 35.2 Å². The lowest BCUT2D eigenvalue weighted by Gasteiger charge is -2.40. The zero-order chi connectivity index (χ0) is 31.6. The molecule has 1 N–H and O–H groups in total. The van der Waals surface area contributed by atoms with Gasteiger partial charge in [-0.3, -0.25) is 14.4 Å². The molecule has 0 saturated carbocycles. The topological polar surface area (TPSA) is 81.2 Å². The molecular formula is C36H45N3O4S. The van der Waals surface area contributed by atoms with Gasteiger partial charge in [0.1, 0.15) is 6.04 Å². The maximum atomic E-state index is 15.0. The average Bonchev–Trinajstić information content (AvgIpc) is 3.67. The zero-order valence-electron chi connectivity index (χ0n) is 26.2. The molecule has 234 valence electrons. The summed E-state index contributed by atoms with van der Waals surface area (Å²) in [5.74, 6) is -1.55. The van der Waals surface area contributed by atoms with Crippen LogP contribution in [0.25, 0.3) is 0 Å². The third-order valence-electron chi connectivity index (χ3n) is 9.56. The molecule has 3 amide bonds. The van der Waals surface area contributed by atoms with E-state index in [4.69, 9.17) is 0 Å². The minimum absolute atomic E-state index is 0.0293. The standard InChI is InChI=1S/C36H45N3O4S/c1-6-18-37(19-7-2)33(41)30-29-16-17-36(44-29)31(30)34(42)39(27(23-40)22-26-12-10-9-11-13-26)32(36)35(43)38(20-8-3)28-21-24(4)14-15-25(28)5/h6,8-15,21,27,29-32,40H,1,3,7,16-20,22-23H2,2,4-5H3/t27-,29+,30-,31+,32?,36?/m1/s1. The summed E-state index contributed by atoms with van der Waals surface area (Å²) in [5, 5.41) is 10.8. The minimum atomic E-state index is -0.826. The summed E-state index contributed by atoms with van der Waals surface area (Å²) >= 11 is 1.66. The zero-order valence-corrected chi connectivity index (χ0v) is 27.0. The van der Waals surface area contributed by atoms with Gasteiger partial charge in [0.25, 0.3) is 5.91 Å². The first-order valence-electron chi connectivity index (χ1n) is 15.8. The van der Waals surface area contributed by atoms with Gasteiger partial charge in [0.2, 0.25) is 11.8 Å². The number of nitrogens with zero attached hydrogens (tertiary/aromatic N) is 3. The number of thioether (sulfide) groups is 1. The van der Waals surface area contributed by atoms with E-state index in [-0.39, 0.29) is 36.1 Å². The molecule has 3 aliphatic heterocycles. The highest BCUT2D eigenvalue weighted by atomic mass is 32.2. The van der Waals surface area contributed by atoms with Gasteiger partial charge in [-0.25, -0.2) is 0 Å². The van der Waals surface area contributed by atoms with E-state index in [0.717, 1.165) is 35.2 Å². The second kappa shape index (κ2) is 13.3. The van der Waals surface area contributed by atoms with E-state index in [1.807, 2.05) is 74.2 Å². The molecule has 0 aliphatic carbocycles. The third-order valence-corrected chi connectivity index (χ3v) is 11.5. The van der Waals surface area contributed by atoms with Crippen molar-refractivity contribution in [2.45, 2.75) is 68.5 Å². The van der Waals surface area contributed by atoms with Crippen molar-refractivity contribution in [1.82, 2.24) is 9.80 Å². The number of hydrogen-bond donors (Lipinski definition) is 1. The van der Waals surface area contributed by atoms with Crippen molar-refractivity contribution in [2.75, 3.05) is 31.1 Å². The van der Waals surface area contributed by atoms with E-state index in [2.05, 4.69) is 13.2 Å². The predicted molar refractivity (Wildman–Crippen MR) is 178 cm³/mol. The van der Waals surface area contributed by atoms with Crippen LogP contribution in [0.1, 0.15) is 42.9 Å². The van der Waals surface area contributed by atoms with Crippen molar-refractivity contribution < 1.29 is 19.5 Å². The molecule has 6 atom stereocenters. The largest absolute Gasteiger partial charge is 0.394 e. The quantitative estimate of drug-likeness (QED) is 0.323. The van der Waals surface area contributed by atoms with E-state index in [1.54, 1.807) is 33.7 Å². The van der Waals surface area contributed by atoms with E-state index in [9.17, 15) is 14.7 Å². The van der Waals surface area contributed by atoms with Crippen LogP contribution in [0.15, 0.2) is 73.8 Å². The van der Waals surface area contributed by atoms with E-state index in [0.29, 0.717) is 25.9 Å². The molecule has 3 saturated heterocycles. The third kappa shape index (κ3) is 5.51. The fourth-order valence-electron chi connectivity index (χ4n) is 7.70. The summed E-state index contributed by atoms with van der Waals surface area (Å²) < 4.78 is -0.757. The van der Waals surface area contributed by atoms with Gasteiger partial charge in [-0.15, -0.1) is 24.9 Å². The minimum Gasteiger partial charge on any atom is -0.394 e. The molecule has 2 bridgehead atoms. The van der Waals surface area contributed by atoms with Gasteiger partial charge in [-0.2, -0.15) is 0 Å². The van der Waals surface area contributed by atoms with Crippen molar-refractivity contribution in [2.24, 2.45) is 11.8 Å². The smallest absolute Gasteiger partial charge is 0.251 e. The highest BCUT2D eigenvalue weighted by Gasteiger charge is 2.74. The first-order chi connectivity index (χ1) is 21.2. The van der Waals surface area contributed by atoms with E-state index < -0.39 is 28.7 Å². The van der Waals surface area contributed by atoms with Gasteiger partial charge >= 0.3 is 0 Å². The molecule has 44 heavy (non-hydrogen) atoms. The lowest BCUT2D eigenvalue weighted by molar-refractivity contribution is -0.145. The Balaban J connectivity index is 1.62. The Morgan fingerprint density at radius 2 is 1.84 bits per heavy atom. The van der Waals surface area contributed by atoms with Gasteiger partial charge in [-0.05, 0) is 62.3 Å². The van der Waals surface area contributed by atoms with Gasteiger partial charge < -0.3 is 19.8 Å². The Kier molecular flexibility index (Phi) is 9.71. The van der Waals surface area contributed by atoms with Crippen molar-refractivity contribution in [1.29, 1.82) is 0 Å². The van der Waals surface area contributed by atoms with Crippen molar-refractivity contribution in [3.63, 3.8) is 0 Å². The number of hydrogen-bond acceptors (Lipinski definition) is 5. The molecule has 3 heterocycles. The van der Waals surface area contributed by atoms with Crippen LogP contribution in [-0.4, -0.2) is 80.9 Å². The Morgan fingerprint density at radius 3 is 2.50 bits per heavy atom. The molecule has 1 spiro atoms.